The number of nitrogens with zero attached hydrogens (tertiary/aromatic N) is 2. The first kappa shape index (κ1) is 60.3. The van der Waals surface area contributed by atoms with Crippen molar-refractivity contribution in [3.8, 4) is 51.3 Å². The van der Waals surface area contributed by atoms with Crippen molar-refractivity contribution < 1.29 is 28.8 Å². The van der Waals surface area contributed by atoms with Crippen molar-refractivity contribution in [2.75, 3.05) is 31.3 Å². The highest BCUT2D eigenvalue weighted by Crippen LogP contribution is 2.53. The third-order valence-electron chi connectivity index (χ3n) is 16.4. The second kappa shape index (κ2) is 26.1. The minimum atomic E-state index is -1.31. The molecule has 7 aromatic rings. The second-order valence-corrected chi connectivity index (χ2v) is 25.3. The summed E-state index contributed by atoms with van der Waals surface area (Å²) in [7, 11) is 0. The van der Waals surface area contributed by atoms with Crippen LogP contribution in [0.25, 0.3) is 52.6 Å². The minimum Gasteiger partial charge on any atom is -0.493 e. The first-order valence-electron chi connectivity index (χ1n) is 30.2. The van der Waals surface area contributed by atoms with Gasteiger partial charge in [-0.1, -0.05) is 180 Å². The Morgan fingerprint density at radius 1 is 0.464 bits per heavy atom. The van der Waals surface area contributed by atoms with Crippen molar-refractivity contribution in [3.63, 3.8) is 0 Å². The lowest BCUT2D eigenvalue weighted by molar-refractivity contribution is -0.132. The molecule has 0 aliphatic heterocycles. The number of ether oxygens (including phenoxy) is 4. The molecule has 8 heteroatoms. The quantitative estimate of drug-likeness (QED) is 0.0343. The fraction of sp³-hybridized carbons (Fsp3) is 0.342. The molecule has 2 aliphatic rings. The van der Waals surface area contributed by atoms with Gasteiger partial charge >= 0.3 is 5.97 Å². The summed E-state index contributed by atoms with van der Waals surface area (Å²) in [5.74, 6) is 2.82. The van der Waals surface area contributed by atoms with Gasteiger partial charge in [-0.3, -0.25) is 0 Å². The average molecular weight is 1120 g/mol. The number of fused-ring (bicyclic) bond motifs is 6. The van der Waals surface area contributed by atoms with Gasteiger partial charge in [0.15, 0.2) is 0 Å². The summed E-state index contributed by atoms with van der Waals surface area (Å²) in [6, 6.07) is 50.1. The highest BCUT2D eigenvalue weighted by Gasteiger charge is 2.38. The molecule has 0 unspecified atom stereocenters. The molecule has 0 atom stereocenters. The molecule has 434 valence electrons. The molecular formula is C76H84N2O6. The summed E-state index contributed by atoms with van der Waals surface area (Å²) in [6.45, 7) is 28.6. The van der Waals surface area contributed by atoms with E-state index in [2.05, 4.69) is 221 Å². The summed E-state index contributed by atoms with van der Waals surface area (Å²) < 4.78 is 26.2. The van der Waals surface area contributed by atoms with E-state index in [0.717, 1.165) is 70.7 Å². The molecule has 2 aliphatic carbocycles. The van der Waals surface area contributed by atoms with E-state index in [4.69, 9.17) is 18.9 Å². The summed E-state index contributed by atoms with van der Waals surface area (Å²) in [5, 5.41) is 19.6. The number of anilines is 3. The molecule has 0 bridgehead atoms. The Hall–Kier alpha value is -8.28. The molecule has 9 rings (SSSR count). The molecule has 0 saturated heterocycles. The maximum atomic E-state index is 12.1. The zero-order chi connectivity index (χ0) is 59.9. The predicted octanol–water partition coefficient (Wildman–Crippen LogP) is 19.8. The highest BCUT2D eigenvalue weighted by molar-refractivity contribution is 5.97. The number of carboxylic acids is 1. The van der Waals surface area contributed by atoms with Crippen LogP contribution in [0.4, 0.5) is 17.1 Å². The Kier molecular flexibility index (Phi) is 18.7. The van der Waals surface area contributed by atoms with Crippen molar-refractivity contribution in [3.05, 3.63) is 189 Å². The van der Waals surface area contributed by atoms with E-state index in [1.807, 2.05) is 24.3 Å². The predicted molar refractivity (Wildman–Crippen MR) is 348 cm³/mol. The Morgan fingerprint density at radius 2 is 0.810 bits per heavy atom. The van der Waals surface area contributed by atoms with E-state index in [1.165, 1.54) is 50.6 Å². The van der Waals surface area contributed by atoms with Crippen LogP contribution in [0.2, 0.25) is 0 Å². The van der Waals surface area contributed by atoms with Gasteiger partial charge in [-0.15, -0.1) is 0 Å². The molecule has 7 aromatic carbocycles. The molecule has 0 radical (unpaired) electrons. The molecule has 0 spiro atoms. The Morgan fingerprint density at radius 3 is 1.19 bits per heavy atom. The highest BCUT2D eigenvalue weighted by atomic mass is 16.5. The van der Waals surface area contributed by atoms with Gasteiger partial charge in [0.2, 0.25) is 0 Å². The van der Waals surface area contributed by atoms with Gasteiger partial charge in [-0.05, 0) is 166 Å². The smallest absolute Gasteiger partial charge is 0.346 e. The van der Waals surface area contributed by atoms with Gasteiger partial charge in [0.05, 0.1) is 26.4 Å². The van der Waals surface area contributed by atoms with Gasteiger partial charge in [-0.2, -0.15) is 5.26 Å². The zero-order valence-corrected chi connectivity index (χ0v) is 51.4. The van der Waals surface area contributed by atoms with Crippen LogP contribution in [0.5, 0.6) is 23.0 Å². The molecule has 84 heavy (non-hydrogen) atoms. The molecular weight excluding hydrogens is 1040 g/mol. The zero-order valence-electron chi connectivity index (χ0n) is 51.4. The number of carboxylic acid groups (broad SMARTS) is 1. The molecule has 0 saturated carbocycles. The van der Waals surface area contributed by atoms with Crippen LogP contribution in [0.15, 0.2) is 139 Å². The summed E-state index contributed by atoms with van der Waals surface area (Å²) in [6.07, 6.45) is 13.0. The van der Waals surface area contributed by atoms with E-state index in [-0.39, 0.29) is 10.8 Å². The lowest BCUT2D eigenvalue weighted by Crippen LogP contribution is -2.18. The monoisotopic (exact) mass is 1120 g/mol. The number of aliphatic carboxylic acids is 1. The van der Waals surface area contributed by atoms with Gasteiger partial charge in [0.25, 0.3) is 0 Å². The topological polar surface area (TPSA) is 101 Å². The molecule has 0 aromatic heterocycles. The Bertz CT molecular complexity index is 3530. The molecule has 0 heterocycles. The van der Waals surface area contributed by atoms with Gasteiger partial charge < -0.3 is 29.0 Å². The molecule has 8 nitrogen and oxygen atoms in total. The normalized spacial score (nSPS) is 13.8. The van der Waals surface area contributed by atoms with Crippen molar-refractivity contribution in [1.29, 1.82) is 5.26 Å². The van der Waals surface area contributed by atoms with E-state index in [1.54, 1.807) is 6.07 Å². The van der Waals surface area contributed by atoms with Crippen molar-refractivity contribution in [1.82, 2.24) is 0 Å². The number of benzene rings is 7. The fourth-order valence-electron chi connectivity index (χ4n) is 11.3. The van der Waals surface area contributed by atoms with Crippen LogP contribution in [0.3, 0.4) is 0 Å². The summed E-state index contributed by atoms with van der Waals surface area (Å²) in [4.78, 5) is 14.5. The molecule has 1 N–H and O–H groups in total. The Labute approximate surface area is 500 Å². The van der Waals surface area contributed by atoms with Crippen LogP contribution in [0.1, 0.15) is 159 Å². The van der Waals surface area contributed by atoms with Crippen LogP contribution >= 0.6 is 0 Å². The third-order valence-corrected chi connectivity index (χ3v) is 16.4. The van der Waals surface area contributed by atoms with Gasteiger partial charge in [0, 0.05) is 50.1 Å². The van der Waals surface area contributed by atoms with Crippen LogP contribution in [0, 0.1) is 35.0 Å². The van der Waals surface area contributed by atoms with E-state index >= 15 is 0 Å². The van der Waals surface area contributed by atoms with Gasteiger partial charge in [-0.25, -0.2) is 4.79 Å². The summed E-state index contributed by atoms with van der Waals surface area (Å²) >= 11 is 0. The SMILES string of the molecule is CC(C)CCOc1cc(/C=C/c2cc(OCCC(C)C)c(/C=C(\C#N)C(=O)O)cc2OCCC(C)C)c(OCCC(C)C)cc1/C=C/c1ccc(N(c2ccc3c(c2)C(C)(C)c2ccccc2-3)c2ccc3c(c2)C(C)(C)c2ccccc2-3)cc1. The van der Waals surface area contributed by atoms with Crippen LogP contribution in [-0.2, 0) is 15.6 Å². The number of rotatable bonds is 25. The van der Waals surface area contributed by atoms with Crippen LogP contribution in [-0.4, -0.2) is 37.5 Å². The first-order chi connectivity index (χ1) is 40.2. The summed E-state index contributed by atoms with van der Waals surface area (Å²) in [5.41, 5.74) is 17.1. The average Bonchev–Trinajstić information content (AvgIpc) is 1.80. The Balaban J connectivity index is 1.10. The van der Waals surface area contributed by atoms with Crippen molar-refractivity contribution in [2.24, 2.45) is 23.7 Å². The van der Waals surface area contributed by atoms with Crippen LogP contribution < -0.4 is 23.8 Å². The van der Waals surface area contributed by atoms with E-state index in [9.17, 15) is 15.2 Å². The molecule has 0 amide bonds. The number of nitriles is 1. The third kappa shape index (κ3) is 13.5. The fourth-order valence-corrected chi connectivity index (χ4v) is 11.3. The number of hydrogen-bond donors (Lipinski definition) is 1. The maximum Gasteiger partial charge on any atom is 0.346 e. The lowest BCUT2D eigenvalue weighted by atomic mass is 9.82. The van der Waals surface area contributed by atoms with Gasteiger partial charge in [0.1, 0.15) is 34.6 Å². The van der Waals surface area contributed by atoms with E-state index < -0.39 is 11.5 Å². The number of carbonyl (C=O) groups is 1. The molecule has 0 fully saturated rings. The standard InChI is InChI=1S/C76H84N2O6/c1-49(2)33-37-81-70-43-55(25-26-56-44-73(84-40-36-52(7)8)57(41-58(48-77)74(79)80)45-72(56)83-39-35-51(5)6)71(82-38-34-50(3)4)42-54(70)24-21-53-22-27-59(28-23-53)78(60-29-31-64-62-17-13-15-19-66(62)75(9,10)68(64)46-60)61-30-32-65-63-18-14-16-20-67(63)76(11,12)69(65)47-61/h13-32,41-47,49-52H,33-40H2,1-12H3,(H,79,80)/b24-21+,26-25+,58-41+. The number of hydrogen-bond acceptors (Lipinski definition) is 7. The van der Waals surface area contributed by atoms with Crippen molar-refractivity contribution in [2.45, 2.75) is 120 Å². The van der Waals surface area contributed by atoms with Crippen molar-refractivity contribution >= 4 is 53.4 Å². The minimum absolute atomic E-state index is 0.159. The largest absolute Gasteiger partial charge is 0.493 e. The first-order valence-corrected chi connectivity index (χ1v) is 30.2. The second-order valence-electron chi connectivity index (χ2n) is 25.3. The lowest BCUT2D eigenvalue weighted by Gasteiger charge is -2.29. The van der Waals surface area contributed by atoms with E-state index in [0.29, 0.717) is 72.9 Å². The maximum absolute atomic E-state index is 12.1.